The Hall–Kier alpha value is -2.14. The number of aryl methyl sites for hydroxylation is 2. The molecule has 1 saturated heterocycles. The Kier molecular flexibility index (Phi) is 9.39. The number of hydrogen-bond donors (Lipinski definition) is 1. The van der Waals surface area contributed by atoms with E-state index in [-0.39, 0.29) is 18.3 Å². The summed E-state index contributed by atoms with van der Waals surface area (Å²) in [6.07, 6.45) is 4.97. The second-order valence-corrected chi connectivity index (χ2v) is 7.57. The summed E-state index contributed by atoms with van der Waals surface area (Å²) in [5.74, 6) is 0.0990. The molecule has 0 aromatic heterocycles. The third-order valence-electron chi connectivity index (χ3n) is 5.26. The molecule has 0 bridgehead atoms. The minimum atomic E-state index is 0. The number of nitrogens with one attached hydrogen (secondary N) is 1. The van der Waals surface area contributed by atoms with Crippen molar-refractivity contribution in [3.63, 3.8) is 0 Å². The second-order valence-electron chi connectivity index (χ2n) is 7.57. The number of anilines is 1. The van der Waals surface area contributed by atoms with Crippen molar-refractivity contribution in [3.05, 3.63) is 71.3 Å². The van der Waals surface area contributed by atoms with Gasteiger partial charge in [-0.2, -0.15) is 0 Å². The van der Waals surface area contributed by atoms with Crippen molar-refractivity contribution in [2.75, 3.05) is 44.6 Å². The lowest BCUT2D eigenvalue weighted by Gasteiger charge is -2.34. The average molecular weight is 414 g/mol. The summed E-state index contributed by atoms with van der Waals surface area (Å²) >= 11 is 0. The van der Waals surface area contributed by atoms with Crippen LogP contribution in [0.5, 0.6) is 0 Å². The van der Waals surface area contributed by atoms with E-state index < -0.39 is 0 Å². The number of hydrogen-bond acceptors (Lipinski definition) is 3. The fourth-order valence-corrected chi connectivity index (χ4v) is 3.44. The number of amides is 1. The quantitative estimate of drug-likeness (QED) is 0.731. The van der Waals surface area contributed by atoms with Crippen molar-refractivity contribution >= 4 is 30.1 Å². The summed E-state index contributed by atoms with van der Waals surface area (Å²) in [7, 11) is 0. The molecular formula is C24H32ClN3O. The van der Waals surface area contributed by atoms with E-state index in [9.17, 15) is 4.79 Å². The molecule has 1 aliphatic rings. The molecular weight excluding hydrogens is 382 g/mol. The number of nitrogens with zero attached hydrogens (tertiary/aromatic N) is 2. The van der Waals surface area contributed by atoms with E-state index in [1.807, 2.05) is 26.0 Å². The summed E-state index contributed by atoms with van der Waals surface area (Å²) in [6.45, 7) is 10.0. The highest BCUT2D eigenvalue weighted by molar-refractivity contribution is 5.91. The van der Waals surface area contributed by atoms with E-state index in [0.717, 1.165) is 50.5 Å². The van der Waals surface area contributed by atoms with E-state index in [0.29, 0.717) is 6.42 Å². The predicted octanol–water partition coefficient (Wildman–Crippen LogP) is 4.38. The molecule has 1 amide bonds. The van der Waals surface area contributed by atoms with Gasteiger partial charge >= 0.3 is 0 Å². The molecule has 1 N–H and O–H groups in total. The Bertz CT molecular complexity index is 799. The Balaban J connectivity index is 0.00000300. The number of carbonyl (C=O) groups is 1. The maximum atomic E-state index is 12.3. The molecule has 2 aromatic rings. The van der Waals surface area contributed by atoms with Crippen molar-refractivity contribution < 1.29 is 4.79 Å². The van der Waals surface area contributed by atoms with Gasteiger partial charge in [0.1, 0.15) is 0 Å². The number of carbonyl (C=O) groups excluding carboxylic acids is 1. The molecule has 5 heteroatoms. The summed E-state index contributed by atoms with van der Waals surface area (Å²) < 4.78 is 0. The first-order chi connectivity index (χ1) is 13.6. The van der Waals surface area contributed by atoms with Crippen LogP contribution in [0.1, 0.15) is 23.1 Å². The molecule has 0 unspecified atom stereocenters. The van der Waals surface area contributed by atoms with Crippen molar-refractivity contribution in [3.8, 4) is 0 Å². The zero-order chi connectivity index (χ0) is 19.8. The molecule has 0 saturated carbocycles. The topological polar surface area (TPSA) is 35.6 Å². The fraction of sp³-hybridized carbons (Fsp3) is 0.375. The lowest BCUT2D eigenvalue weighted by atomic mass is 10.1. The Labute approximate surface area is 181 Å². The summed E-state index contributed by atoms with van der Waals surface area (Å²) in [4.78, 5) is 17.2. The molecule has 4 nitrogen and oxygen atoms in total. The Morgan fingerprint density at radius 3 is 2.41 bits per heavy atom. The highest BCUT2D eigenvalue weighted by atomic mass is 35.5. The predicted molar refractivity (Wildman–Crippen MR) is 125 cm³/mol. The molecule has 3 rings (SSSR count). The maximum Gasteiger partial charge on any atom is 0.225 e. The van der Waals surface area contributed by atoms with Gasteiger partial charge in [0.25, 0.3) is 0 Å². The molecule has 1 heterocycles. The SMILES string of the molecule is Cc1ccc(C)c(NC(=O)CCN2CCN(C/C=C/c3ccccc3)CC2)c1.Cl. The first-order valence-corrected chi connectivity index (χ1v) is 10.1. The second kappa shape index (κ2) is 11.8. The van der Waals surface area contributed by atoms with Crippen molar-refractivity contribution in [1.29, 1.82) is 0 Å². The molecule has 0 aliphatic carbocycles. The van der Waals surface area contributed by atoms with Crippen LogP contribution in [0.3, 0.4) is 0 Å². The third kappa shape index (κ3) is 7.65. The van der Waals surface area contributed by atoms with Gasteiger partial charge in [-0.25, -0.2) is 0 Å². The normalized spacial score (nSPS) is 15.2. The van der Waals surface area contributed by atoms with Gasteiger partial charge < -0.3 is 10.2 Å². The standard InChI is InChI=1S/C24H31N3O.ClH/c1-20-10-11-21(2)23(19-20)25-24(28)12-14-27-17-15-26(16-18-27)13-6-9-22-7-4-3-5-8-22;/h3-11,19H,12-18H2,1-2H3,(H,25,28);1H/b9-6+;. The van der Waals surface area contributed by atoms with Crippen LogP contribution < -0.4 is 5.32 Å². The number of piperazine rings is 1. The maximum absolute atomic E-state index is 12.3. The largest absolute Gasteiger partial charge is 0.326 e. The van der Waals surface area contributed by atoms with Gasteiger partial charge in [0, 0.05) is 51.4 Å². The fourth-order valence-electron chi connectivity index (χ4n) is 3.44. The van der Waals surface area contributed by atoms with Crippen molar-refractivity contribution in [2.24, 2.45) is 0 Å². The molecule has 0 radical (unpaired) electrons. The molecule has 0 spiro atoms. The van der Waals surface area contributed by atoms with Crippen molar-refractivity contribution in [2.45, 2.75) is 20.3 Å². The van der Waals surface area contributed by atoms with Crippen LogP contribution in [0.2, 0.25) is 0 Å². The first-order valence-electron chi connectivity index (χ1n) is 10.1. The van der Waals surface area contributed by atoms with Crippen LogP contribution in [0.15, 0.2) is 54.6 Å². The zero-order valence-corrected chi connectivity index (χ0v) is 18.3. The Morgan fingerprint density at radius 1 is 1.00 bits per heavy atom. The van der Waals surface area contributed by atoms with E-state index in [2.05, 4.69) is 63.7 Å². The molecule has 2 aromatic carbocycles. The average Bonchev–Trinajstić information content (AvgIpc) is 2.71. The van der Waals surface area contributed by atoms with Crippen LogP contribution in [-0.2, 0) is 4.79 Å². The van der Waals surface area contributed by atoms with Crippen LogP contribution >= 0.6 is 12.4 Å². The lowest BCUT2D eigenvalue weighted by molar-refractivity contribution is -0.116. The highest BCUT2D eigenvalue weighted by Gasteiger charge is 2.16. The zero-order valence-electron chi connectivity index (χ0n) is 17.4. The number of halogens is 1. The van der Waals surface area contributed by atoms with Gasteiger partial charge in [0.2, 0.25) is 5.91 Å². The van der Waals surface area contributed by atoms with Gasteiger partial charge in [-0.05, 0) is 36.6 Å². The highest BCUT2D eigenvalue weighted by Crippen LogP contribution is 2.16. The molecule has 0 atom stereocenters. The molecule has 29 heavy (non-hydrogen) atoms. The van der Waals surface area contributed by atoms with Crippen LogP contribution in [-0.4, -0.2) is 55.0 Å². The third-order valence-corrected chi connectivity index (χ3v) is 5.26. The van der Waals surface area contributed by atoms with Gasteiger partial charge in [-0.3, -0.25) is 9.69 Å². The smallest absolute Gasteiger partial charge is 0.225 e. The lowest BCUT2D eigenvalue weighted by Crippen LogP contribution is -2.46. The van der Waals surface area contributed by atoms with E-state index >= 15 is 0 Å². The number of benzene rings is 2. The van der Waals surface area contributed by atoms with Crippen LogP contribution in [0.25, 0.3) is 6.08 Å². The van der Waals surface area contributed by atoms with Crippen molar-refractivity contribution in [1.82, 2.24) is 9.80 Å². The minimum absolute atomic E-state index is 0. The van der Waals surface area contributed by atoms with E-state index in [1.54, 1.807) is 0 Å². The molecule has 156 valence electrons. The summed E-state index contributed by atoms with van der Waals surface area (Å²) in [5, 5.41) is 3.06. The van der Waals surface area contributed by atoms with Crippen LogP contribution in [0.4, 0.5) is 5.69 Å². The first kappa shape index (κ1) is 23.1. The molecule has 1 fully saturated rings. The summed E-state index contributed by atoms with van der Waals surface area (Å²) in [5.41, 5.74) is 4.45. The van der Waals surface area contributed by atoms with E-state index in [4.69, 9.17) is 0 Å². The van der Waals surface area contributed by atoms with Gasteiger partial charge in [0.15, 0.2) is 0 Å². The van der Waals surface area contributed by atoms with E-state index in [1.165, 1.54) is 11.1 Å². The Morgan fingerprint density at radius 2 is 1.69 bits per heavy atom. The van der Waals surface area contributed by atoms with Gasteiger partial charge in [-0.1, -0.05) is 54.6 Å². The molecule has 1 aliphatic heterocycles. The number of rotatable bonds is 7. The monoisotopic (exact) mass is 413 g/mol. The summed E-state index contributed by atoms with van der Waals surface area (Å²) in [6, 6.07) is 16.6. The van der Waals surface area contributed by atoms with Gasteiger partial charge in [0.05, 0.1) is 0 Å². The minimum Gasteiger partial charge on any atom is -0.326 e. The van der Waals surface area contributed by atoms with Crippen LogP contribution in [0, 0.1) is 13.8 Å². The van der Waals surface area contributed by atoms with Gasteiger partial charge in [-0.15, -0.1) is 12.4 Å².